The highest BCUT2D eigenvalue weighted by Gasteiger charge is 2.28. The van der Waals surface area contributed by atoms with Crippen LogP contribution >= 0.6 is 0 Å². The molecule has 0 aromatic heterocycles. The van der Waals surface area contributed by atoms with E-state index >= 15 is 0 Å². The van der Waals surface area contributed by atoms with Gasteiger partial charge in [-0.05, 0) is 50.9 Å². The zero-order valence-electron chi connectivity index (χ0n) is 15.1. The molecule has 1 aromatic carbocycles. The molecule has 0 saturated carbocycles. The summed E-state index contributed by atoms with van der Waals surface area (Å²) in [5.41, 5.74) is 2.55. The van der Waals surface area contributed by atoms with Gasteiger partial charge in [-0.2, -0.15) is 0 Å². The van der Waals surface area contributed by atoms with Gasteiger partial charge in [0.15, 0.2) is 0 Å². The van der Waals surface area contributed by atoms with Crippen molar-refractivity contribution in [3.63, 3.8) is 0 Å². The SMILES string of the molecule is CCN(CC)C(=O)[C@H]1CCCN(Cc2ccc(N(C)C)cc2)C1. The van der Waals surface area contributed by atoms with Crippen molar-refractivity contribution in [2.75, 3.05) is 45.2 Å². The molecule has 4 nitrogen and oxygen atoms in total. The topological polar surface area (TPSA) is 26.8 Å². The minimum Gasteiger partial charge on any atom is -0.378 e. The van der Waals surface area contributed by atoms with E-state index in [1.54, 1.807) is 0 Å². The van der Waals surface area contributed by atoms with E-state index < -0.39 is 0 Å². The zero-order valence-corrected chi connectivity index (χ0v) is 15.1. The Labute approximate surface area is 141 Å². The molecule has 1 saturated heterocycles. The lowest BCUT2D eigenvalue weighted by molar-refractivity contribution is -0.137. The Hall–Kier alpha value is -1.55. The van der Waals surface area contributed by atoms with Gasteiger partial charge in [0.25, 0.3) is 0 Å². The van der Waals surface area contributed by atoms with Crippen LogP contribution in [0.15, 0.2) is 24.3 Å². The molecule has 0 N–H and O–H groups in total. The molecule has 1 atom stereocenters. The van der Waals surface area contributed by atoms with Crippen molar-refractivity contribution in [2.45, 2.75) is 33.2 Å². The zero-order chi connectivity index (χ0) is 16.8. The molecule has 1 fully saturated rings. The Morgan fingerprint density at radius 3 is 2.39 bits per heavy atom. The number of benzene rings is 1. The molecule has 1 aliphatic heterocycles. The van der Waals surface area contributed by atoms with Gasteiger partial charge in [0.1, 0.15) is 0 Å². The van der Waals surface area contributed by atoms with Crippen LogP contribution in [0, 0.1) is 5.92 Å². The van der Waals surface area contributed by atoms with Gasteiger partial charge in [0.2, 0.25) is 5.91 Å². The molecule has 0 unspecified atom stereocenters. The van der Waals surface area contributed by atoms with E-state index in [1.165, 1.54) is 11.3 Å². The van der Waals surface area contributed by atoms with Crippen LogP contribution in [0.3, 0.4) is 0 Å². The molecule has 0 spiro atoms. The molecular weight excluding hydrogens is 286 g/mol. The van der Waals surface area contributed by atoms with E-state index in [4.69, 9.17) is 0 Å². The van der Waals surface area contributed by atoms with Gasteiger partial charge in [0.05, 0.1) is 5.92 Å². The lowest BCUT2D eigenvalue weighted by atomic mass is 9.96. The number of piperidine rings is 1. The van der Waals surface area contributed by atoms with Crippen LogP contribution in [-0.2, 0) is 11.3 Å². The first kappa shape index (κ1) is 17.8. The summed E-state index contributed by atoms with van der Waals surface area (Å²) in [6.07, 6.45) is 2.15. The van der Waals surface area contributed by atoms with Crippen LogP contribution in [0.25, 0.3) is 0 Å². The Kier molecular flexibility index (Phi) is 6.46. The van der Waals surface area contributed by atoms with Gasteiger partial charge < -0.3 is 9.80 Å². The van der Waals surface area contributed by atoms with E-state index in [1.807, 2.05) is 4.90 Å². The van der Waals surface area contributed by atoms with E-state index in [-0.39, 0.29) is 5.92 Å². The van der Waals surface area contributed by atoms with Crippen molar-refractivity contribution in [2.24, 2.45) is 5.92 Å². The number of carbonyl (C=O) groups excluding carboxylic acids is 1. The first-order chi connectivity index (χ1) is 11.0. The third-order valence-electron chi connectivity index (χ3n) is 4.79. The van der Waals surface area contributed by atoms with Crippen LogP contribution in [-0.4, -0.2) is 56.0 Å². The Bertz CT molecular complexity index is 494. The van der Waals surface area contributed by atoms with Crippen LogP contribution in [0.2, 0.25) is 0 Å². The van der Waals surface area contributed by atoms with E-state index in [9.17, 15) is 4.79 Å². The second-order valence-electron chi connectivity index (χ2n) is 6.65. The fraction of sp³-hybridized carbons (Fsp3) is 0.632. The lowest BCUT2D eigenvalue weighted by Crippen LogP contribution is -2.44. The third kappa shape index (κ3) is 4.71. The highest BCUT2D eigenvalue weighted by atomic mass is 16.2. The predicted molar refractivity (Wildman–Crippen MR) is 96.7 cm³/mol. The largest absolute Gasteiger partial charge is 0.378 e. The summed E-state index contributed by atoms with van der Waals surface area (Å²) < 4.78 is 0. The maximum atomic E-state index is 12.6. The molecule has 1 aromatic rings. The number of hydrogen-bond donors (Lipinski definition) is 0. The number of amides is 1. The smallest absolute Gasteiger partial charge is 0.226 e. The molecule has 1 heterocycles. The highest BCUT2D eigenvalue weighted by molar-refractivity contribution is 5.79. The Balaban J connectivity index is 1.94. The number of anilines is 1. The van der Waals surface area contributed by atoms with Crippen molar-refractivity contribution in [1.82, 2.24) is 9.80 Å². The fourth-order valence-corrected chi connectivity index (χ4v) is 3.35. The molecule has 0 aliphatic carbocycles. The summed E-state index contributed by atoms with van der Waals surface area (Å²) in [5.74, 6) is 0.507. The highest BCUT2D eigenvalue weighted by Crippen LogP contribution is 2.21. The van der Waals surface area contributed by atoms with Gasteiger partial charge in [-0.15, -0.1) is 0 Å². The maximum absolute atomic E-state index is 12.6. The molecule has 2 rings (SSSR count). The number of likely N-dealkylation sites (tertiary alicyclic amines) is 1. The predicted octanol–water partition coefficient (Wildman–Crippen LogP) is 2.83. The van der Waals surface area contributed by atoms with Gasteiger partial charge in [0, 0.05) is 46.0 Å². The first-order valence-corrected chi connectivity index (χ1v) is 8.82. The standard InChI is InChI=1S/C19H31N3O/c1-5-22(6-2)19(23)17-8-7-13-21(15-17)14-16-9-11-18(12-10-16)20(3)4/h9-12,17H,5-8,13-15H2,1-4H3/t17-/m0/s1. The number of nitrogens with zero attached hydrogens (tertiary/aromatic N) is 3. The summed E-state index contributed by atoms with van der Waals surface area (Å²) in [6, 6.07) is 8.73. The van der Waals surface area contributed by atoms with E-state index in [0.717, 1.165) is 45.6 Å². The number of hydrogen-bond acceptors (Lipinski definition) is 3. The second-order valence-corrected chi connectivity index (χ2v) is 6.65. The van der Waals surface area contributed by atoms with Crippen LogP contribution in [0.4, 0.5) is 5.69 Å². The number of rotatable bonds is 6. The molecule has 128 valence electrons. The molecule has 0 bridgehead atoms. The van der Waals surface area contributed by atoms with Gasteiger partial charge in [-0.1, -0.05) is 12.1 Å². The molecule has 4 heteroatoms. The monoisotopic (exact) mass is 317 g/mol. The second kappa shape index (κ2) is 8.34. The minimum atomic E-state index is 0.171. The van der Waals surface area contributed by atoms with Crippen molar-refractivity contribution in [3.05, 3.63) is 29.8 Å². The minimum absolute atomic E-state index is 0.171. The average molecular weight is 317 g/mol. The van der Waals surface area contributed by atoms with E-state index in [0.29, 0.717) is 5.91 Å². The van der Waals surface area contributed by atoms with Crippen LogP contribution < -0.4 is 4.90 Å². The third-order valence-corrected chi connectivity index (χ3v) is 4.79. The number of carbonyl (C=O) groups is 1. The summed E-state index contributed by atoms with van der Waals surface area (Å²) in [6.45, 7) is 8.69. The van der Waals surface area contributed by atoms with E-state index in [2.05, 4.69) is 62.0 Å². The molecule has 23 heavy (non-hydrogen) atoms. The van der Waals surface area contributed by atoms with Gasteiger partial charge in [-0.25, -0.2) is 0 Å². The molecule has 1 amide bonds. The summed E-state index contributed by atoms with van der Waals surface area (Å²) in [4.78, 5) is 19.1. The van der Waals surface area contributed by atoms with Crippen LogP contribution in [0.5, 0.6) is 0 Å². The normalized spacial score (nSPS) is 18.7. The average Bonchev–Trinajstić information content (AvgIpc) is 2.56. The fourth-order valence-electron chi connectivity index (χ4n) is 3.35. The maximum Gasteiger partial charge on any atom is 0.226 e. The van der Waals surface area contributed by atoms with Crippen molar-refractivity contribution >= 4 is 11.6 Å². The molecule has 1 aliphatic rings. The lowest BCUT2D eigenvalue weighted by Gasteiger charge is -2.34. The summed E-state index contributed by atoms with van der Waals surface area (Å²) >= 11 is 0. The van der Waals surface area contributed by atoms with Gasteiger partial charge >= 0.3 is 0 Å². The molecule has 0 radical (unpaired) electrons. The summed E-state index contributed by atoms with van der Waals surface area (Å²) in [5, 5.41) is 0. The van der Waals surface area contributed by atoms with Crippen LogP contribution in [0.1, 0.15) is 32.3 Å². The first-order valence-electron chi connectivity index (χ1n) is 8.82. The Morgan fingerprint density at radius 1 is 1.17 bits per heavy atom. The molecular formula is C19H31N3O. The summed E-state index contributed by atoms with van der Waals surface area (Å²) in [7, 11) is 4.12. The van der Waals surface area contributed by atoms with Crippen molar-refractivity contribution in [3.8, 4) is 0 Å². The van der Waals surface area contributed by atoms with Crippen molar-refractivity contribution < 1.29 is 4.79 Å². The van der Waals surface area contributed by atoms with Crippen molar-refractivity contribution in [1.29, 1.82) is 0 Å². The Morgan fingerprint density at radius 2 is 1.83 bits per heavy atom. The quantitative estimate of drug-likeness (QED) is 0.807. The van der Waals surface area contributed by atoms with Gasteiger partial charge in [-0.3, -0.25) is 9.69 Å².